The Labute approximate surface area is 150 Å². The largest absolute Gasteiger partial charge is 0.386 e. The molecule has 0 radical (unpaired) electrons. The number of rotatable bonds is 4. The molecule has 0 spiro atoms. The molecule has 2 atom stereocenters. The number of hydrogen-bond donors (Lipinski definition) is 3. The van der Waals surface area contributed by atoms with E-state index in [2.05, 4.69) is 16.7 Å². The zero-order valence-corrected chi connectivity index (χ0v) is 14.7. The second-order valence-electron chi connectivity index (χ2n) is 5.24. The first-order chi connectivity index (χ1) is 10.6. The van der Waals surface area contributed by atoms with E-state index < -0.39 is 6.10 Å². The van der Waals surface area contributed by atoms with Gasteiger partial charge in [-0.25, -0.2) is 0 Å². The average molecular weight is 373 g/mol. The van der Waals surface area contributed by atoms with Gasteiger partial charge in [0.1, 0.15) is 12.1 Å². The van der Waals surface area contributed by atoms with Crippen LogP contribution in [-0.4, -0.2) is 24.1 Å². The van der Waals surface area contributed by atoms with Crippen molar-refractivity contribution in [3.63, 3.8) is 0 Å². The summed E-state index contributed by atoms with van der Waals surface area (Å²) in [5.41, 5.74) is 2.21. The minimum Gasteiger partial charge on any atom is -0.386 e. The minimum absolute atomic E-state index is 0. The molecule has 0 fully saturated rings. The number of thiophene rings is 1. The molecule has 3 N–H and O–H groups in total. The molecule has 3 rings (SSSR count). The van der Waals surface area contributed by atoms with Gasteiger partial charge in [0, 0.05) is 18.0 Å². The summed E-state index contributed by atoms with van der Waals surface area (Å²) in [5, 5.41) is 16.1. The molecule has 0 aliphatic carbocycles. The van der Waals surface area contributed by atoms with Crippen LogP contribution in [0, 0.1) is 0 Å². The molecule has 2 aromatic rings. The van der Waals surface area contributed by atoms with E-state index in [9.17, 15) is 9.90 Å². The van der Waals surface area contributed by atoms with E-state index in [4.69, 9.17) is 11.6 Å². The third kappa shape index (κ3) is 4.25. The van der Waals surface area contributed by atoms with E-state index in [1.54, 1.807) is 12.1 Å². The van der Waals surface area contributed by atoms with Gasteiger partial charge in [0.2, 0.25) is 5.91 Å². The third-order valence-corrected chi connectivity index (χ3v) is 5.10. The lowest BCUT2D eigenvalue weighted by atomic mass is 9.94. The summed E-state index contributed by atoms with van der Waals surface area (Å²) in [5.74, 6) is -0.117. The van der Waals surface area contributed by atoms with E-state index >= 15 is 0 Å². The highest BCUT2D eigenvalue weighted by Crippen LogP contribution is 2.27. The third-order valence-electron chi connectivity index (χ3n) is 3.76. The molecule has 23 heavy (non-hydrogen) atoms. The molecule has 1 amide bonds. The summed E-state index contributed by atoms with van der Waals surface area (Å²) in [6, 6.07) is 11.1. The Morgan fingerprint density at radius 1 is 1.39 bits per heavy atom. The SMILES string of the molecule is Cl.O=C(NCC(O)c1ccc(Cl)s1)C1NCCc2ccccc21. The molecule has 1 aromatic heterocycles. The summed E-state index contributed by atoms with van der Waals surface area (Å²) >= 11 is 7.18. The average Bonchev–Trinajstić information content (AvgIpc) is 2.98. The van der Waals surface area contributed by atoms with Crippen molar-refractivity contribution >= 4 is 41.3 Å². The predicted molar refractivity (Wildman–Crippen MR) is 95.4 cm³/mol. The Bertz CT molecular complexity index is 678. The quantitative estimate of drug-likeness (QED) is 0.773. The van der Waals surface area contributed by atoms with Crippen LogP contribution in [0.1, 0.15) is 28.1 Å². The number of fused-ring (bicyclic) bond motifs is 1. The van der Waals surface area contributed by atoms with Crippen LogP contribution in [-0.2, 0) is 11.2 Å². The van der Waals surface area contributed by atoms with Gasteiger partial charge in [-0.2, -0.15) is 0 Å². The lowest BCUT2D eigenvalue weighted by Crippen LogP contribution is -2.42. The van der Waals surface area contributed by atoms with Gasteiger partial charge in [0.05, 0.1) is 4.34 Å². The van der Waals surface area contributed by atoms with E-state index in [1.807, 2.05) is 18.2 Å². The standard InChI is InChI=1S/C16H17ClN2O2S.ClH/c17-14-6-5-13(22-14)12(20)9-19-16(21)15-11-4-2-1-3-10(11)7-8-18-15;/h1-6,12,15,18,20H,7-9H2,(H,19,21);1H. The molecule has 124 valence electrons. The molecule has 1 aromatic carbocycles. The number of carbonyl (C=O) groups is 1. The summed E-state index contributed by atoms with van der Waals surface area (Å²) in [6.07, 6.45) is 0.191. The van der Waals surface area contributed by atoms with Gasteiger partial charge in [-0.05, 0) is 29.7 Å². The topological polar surface area (TPSA) is 61.4 Å². The molecule has 0 saturated heterocycles. The van der Waals surface area contributed by atoms with Gasteiger partial charge in [0.15, 0.2) is 0 Å². The van der Waals surface area contributed by atoms with Crippen molar-refractivity contribution in [1.82, 2.24) is 10.6 Å². The second-order valence-corrected chi connectivity index (χ2v) is 6.99. The zero-order chi connectivity index (χ0) is 15.5. The highest BCUT2D eigenvalue weighted by atomic mass is 35.5. The summed E-state index contributed by atoms with van der Waals surface area (Å²) in [7, 11) is 0. The van der Waals surface area contributed by atoms with Crippen molar-refractivity contribution in [3.05, 3.63) is 56.7 Å². The van der Waals surface area contributed by atoms with Gasteiger partial charge >= 0.3 is 0 Å². The van der Waals surface area contributed by atoms with Gasteiger partial charge in [-0.1, -0.05) is 35.9 Å². The molecular weight excluding hydrogens is 355 g/mol. The van der Waals surface area contributed by atoms with Gasteiger partial charge in [-0.15, -0.1) is 23.7 Å². The van der Waals surface area contributed by atoms with E-state index in [0.717, 1.165) is 23.4 Å². The fraction of sp³-hybridized carbons (Fsp3) is 0.312. The Kier molecular flexibility index (Phi) is 6.44. The van der Waals surface area contributed by atoms with Crippen molar-refractivity contribution in [3.8, 4) is 0 Å². The first-order valence-electron chi connectivity index (χ1n) is 7.17. The molecule has 0 saturated carbocycles. The highest BCUT2D eigenvalue weighted by molar-refractivity contribution is 7.16. The number of nitrogens with one attached hydrogen (secondary N) is 2. The maximum atomic E-state index is 12.4. The first-order valence-corrected chi connectivity index (χ1v) is 8.37. The number of benzene rings is 1. The number of carbonyl (C=O) groups excluding carboxylic acids is 1. The van der Waals surface area contributed by atoms with Crippen LogP contribution < -0.4 is 10.6 Å². The Morgan fingerprint density at radius 2 is 2.17 bits per heavy atom. The molecule has 7 heteroatoms. The van der Waals surface area contributed by atoms with E-state index in [-0.39, 0.29) is 30.9 Å². The lowest BCUT2D eigenvalue weighted by Gasteiger charge is -2.26. The molecule has 2 heterocycles. The van der Waals surface area contributed by atoms with Crippen molar-refractivity contribution < 1.29 is 9.90 Å². The molecule has 4 nitrogen and oxygen atoms in total. The van der Waals surface area contributed by atoms with E-state index in [1.165, 1.54) is 16.9 Å². The van der Waals surface area contributed by atoms with Crippen LogP contribution in [0.4, 0.5) is 0 Å². The van der Waals surface area contributed by atoms with Crippen molar-refractivity contribution in [2.45, 2.75) is 18.6 Å². The first kappa shape index (κ1) is 18.2. The second kappa shape index (κ2) is 8.13. The smallest absolute Gasteiger partial charge is 0.241 e. The van der Waals surface area contributed by atoms with Crippen molar-refractivity contribution in [2.75, 3.05) is 13.1 Å². The van der Waals surface area contributed by atoms with Crippen LogP contribution in [0.5, 0.6) is 0 Å². The van der Waals surface area contributed by atoms with Gasteiger partial charge in [0.25, 0.3) is 0 Å². The molecular formula is C16H18Cl2N2O2S. The van der Waals surface area contributed by atoms with Crippen molar-refractivity contribution in [1.29, 1.82) is 0 Å². The molecule has 2 unspecified atom stereocenters. The number of hydrogen-bond acceptors (Lipinski definition) is 4. The van der Waals surface area contributed by atoms with Crippen LogP contribution in [0.2, 0.25) is 4.34 Å². The summed E-state index contributed by atoms with van der Waals surface area (Å²) in [6.45, 7) is 0.953. The molecule has 1 aliphatic heterocycles. The monoisotopic (exact) mass is 372 g/mol. The minimum atomic E-state index is -0.736. The fourth-order valence-electron chi connectivity index (χ4n) is 2.65. The Hall–Kier alpha value is -1.11. The number of aliphatic hydroxyl groups excluding tert-OH is 1. The number of amides is 1. The van der Waals surface area contributed by atoms with Crippen LogP contribution >= 0.6 is 35.3 Å². The number of aliphatic hydroxyl groups is 1. The van der Waals surface area contributed by atoms with Crippen LogP contribution in [0.3, 0.4) is 0 Å². The van der Waals surface area contributed by atoms with Crippen molar-refractivity contribution in [2.24, 2.45) is 0 Å². The molecule has 1 aliphatic rings. The Morgan fingerprint density at radius 3 is 2.91 bits per heavy atom. The zero-order valence-electron chi connectivity index (χ0n) is 12.3. The van der Waals surface area contributed by atoms with E-state index in [0.29, 0.717) is 4.34 Å². The summed E-state index contributed by atoms with van der Waals surface area (Å²) in [4.78, 5) is 13.1. The Balaban J connectivity index is 0.00000192. The van der Waals surface area contributed by atoms with Gasteiger partial charge < -0.3 is 15.7 Å². The maximum absolute atomic E-state index is 12.4. The predicted octanol–water partition coefficient (Wildman–Crippen LogP) is 2.86. The normalized spacial score (nSPS) is 17.7. The maximum Gasteiger partial charge on any atom is 0.241 e. The number of halogens is 2. The highest BCUT2D eigenvalue weighted by Gasteiger charge is 2.26. The lowest BCUT2D eigenvalue weighted by molar-refractivity contribution is -0.123. The molecule has 0 bridgehead atoms. The van der Waals surface area contributed by atoms with Crippen LogP contribution in [0.15, 0.2) is 36.4 Å². The summed E-state index contributed by atoms with van der Waals surface area (Å²) < 4.78 is 0.628. The fourth-order valence-corrected chi connectivity index (χ4v) is 3.69. The van der Waals surface area contributed by atoms with Gasteiger partial charge in [-0.3, -0.25) is 4.79 Å². The van der Waals surface area contributed by atoms with Crippen LogP contribution in [0.25, 0.3) is 0 Å².